The summed E-state index contributed by atoms with van der Waals surface area (Å²) in [5.41, 5.74) is 5.70. The molecule has 0 aliphatic heterocycles. The summed E-state index contributed by atoms with van der Waals surface area (Å²) < 4.78 is 29.6. The second-order valence-corrected chi connectivity index (χ2v) is 3.02. The van der Waals surface area contributed by atoms with Gasteiger partial charge in [-0.25, -0.2) is 13.6 Å². The highest BCUT2D eigenvalue weighted by Crippen LogP contribution is 2.17. The van der Waals surface area contributed by atoms with Crippen molar-refractivity contribution in [1.82, 2.24) is 0 Å². The van der Waals surface area contributed by atoms with Gasteiger partial charge in [0, 0.05) is 5.69 Å². The minimum Gasteiger partial charge on any atom is -0.459 e. The summed E-state index contributed by atoms with van der Waals surface area (Å²) in [4.78, 5) is 11.2. The van der Waals surface area contributed by atoms with E-state index in [0.29, 0.717) is 0 Å². The number of aryl methyl sites for hydroxylation is 1. The minimum atomic E-state index is -0.902. The number of carbonyl (C=O) groups excluding carboxylic acids is 1. The number of alkyl halides is 1. The van der Waals surface area contributed by atoms with Crippen molar-refractivity contribution in [3.8, 4) is 0 Å². The van der Waals surface area contributed by atoms with E-state index in [1.54, 1.807) is 0 Å². The van der Waals surface area contributed by atoms with Crippen molar-refractivity contribution >= 4 is 11.7 Å². The molecule has 82 valence electrons. The Morgan fingerprint density at radius 3 is 2.80 bits per heavy atom. The van der Waals surface area contributed by atoms with Gasteiger partial charge in [0.2, 0.25) is 0 Å². The lowest BCUT2D eigenvalue weighted by molar-refractivity contribution is 0.0475. The van der Waals surface area contributed by atoms with Crippen molar-refractivity contribution in [1.29, 1.82) is 0 Å². The number of rotatable bonds is 3. The van der Waals surface area contributed by atoms with Crippen LogP contribution in [0.3, 0.4) is 0 Å². The van der Waals surface area contributed by atoms with Crippen molar-refractivity contribution in [3.63, 3.8) is 0 Å². The average molecular weight is 215 g/mol. The number of esters is 1. The molecule has 0 heterocycles. The molecule has 1 rings (SSSR count). The van der Waals surface area contributed by atoms with E-state index in [-0.39, 0.29) is 23.4 Å². The Hall–Kier alpha value is -1.65. The maximum Gasteiger partial charge on any atom is 0.341 e. The molecule has 2 N–H and O–H groups in total. The minimum absolute atomic E-state index is 0.252. The molecule has 5 heteroatoms. The van der Waals surface area contributed by atoms with Gasteiger partial charge in [-0.05, 0) is 24.6 Å². The van der Waals surface area contributed by atoms with Crippen LogP contribution in [0.4, 0.5) is 14.5 Å². The summed E-state index contributed by atoms with van der Waals surface area (Å²) in [5.74, 6) is -1.59. The normalized spacial score (nSPS) is 10.1. The second-order valence-electron chi connectivity index (χ2n) is 3.02. The number of nitrogens with two attached hydrogens (primary N) is 1. The molecule has 0 fully saturated rings. The predicted molar refractivity (Wildman–Crippen MR) is 51.8 cm³/mol. The first kappa shape index (κ1) is 11.4. The highest BCUT2D eigenvalue weighted by atomic mass is 19.1. The zero-order chi connectivity index (χ0) is 11.4. The van der Waals surface area contributed by atoms with E-state index in [1.165, 1.54) is 19.1 Å². The average Bonchev–Trinajstić information content (AvgIpc) is 2.19. The van der Waals surface area contributed by atoms with E-state index in [0.717, 1.165) is 0 Å². The molecule has 15 heavy (non-hydrogen) atoms. The van der Waals surface area contributed by atoms with E-state index in [9.17, 15) is 13.6 Å². The zero-order valence-electron chi connectivity index (χ0n) is 8.22. The fourth-order valence-electron chi connectivity index (χ4n) is 1.16. The van der Waals surface area contributed by atoms with Crippen LogP contribution in [0.25, 0.3) is 0 Å². The van der Waals surface area contributed by atoms with Gasteiger partial charge in [-0.1, -0.05) is 0 Å². The molecule has 0 bridgehead atoms. The SMILES string of the molecule is Cc1cc(N)cc(C(=O)OCCF)c1F. The van der Waals surface area contributed by atoms with Crippen LogP contribution >= 0.6 is 0 Å². The highest BCUT2D eigenvalue weighted by molar-refractivity contribution is 5.91. The predicted octanol–water partition coefficient (Wildman–Crippen LogP) is 1.84. The molecule has 1 aromatic rings. The zero-order valence-corrected chi connectivity index (χ0v) is 8.22. The Labute approximate surface area is 85.8 Å². The quantitative estimate of drug-likeness (QED) is 0.618. The lowest BCUT2D eigenvalue weighted by Crippen LogP contribution is -2.11. The number of ether oxygens (including phenoxy) is 1. The molecule has 0 spiro atoms. The molecule has 1 aromatic carbocycles. The molecule has 0 amide bonds. The number of halogens is 2. The Bertz CT molecular complexity index is 380. The van der Waals surface area contributed by atoms with Crippen LogP contribution < -0.4 is 5.73 Å². The lowest BCUT2D eigenvalue weighted by Gasteiger charge is -2.06. The maximum atomic E-state index is 13.4. The summed E-state index contributed by atoms with van der Waals surface area (Å²) in [7, 11) is 0. The van der Waals surface area contributed by atoms with Gasteiger partial charge in [0.25, 0.3) is 0 Å². The number of nitrogen functional groups attached to an aromatic ring is 1. The standard InChI is InChI=1S/C10H11F2NO2/c1-6-4-7(13)5-8(9(6)12)10(14)15-3-2-11/h4-5H,2-3,13H2,1H3. The molecular weight excluding hydrogens is 204 g/mol. The van der Waals surface area contributed by atoms with Crippen LogP contribution in [0.2, 0.25) is 0 Å². The first-order valence-electron chi connectivity index (χ1n) is 4.35. The monoisotopic (exact) mass is 215 g/mol. The van der Waals surface area contributed by atoms with Crippen LogP contribution in [-0.4, -0.2) is 19.3 Å². The van der Waals surface area contributed by atoms with Gasteiger partial charge in [-0.15, -0.1) is 0 Å². The molecule has 0 radical (unpaired) electrons. The van der Waals surface area contributed by atoms with E-state index >= 15 is 0 Å². The van der Waals surface area contributed by atoms with Gasteiger partial charge in [0.05, 0.1) is 5.56 Å². The van der Waals surface area contributed by atoms with Crippen molar-refractivity contribution in [2.75, 3.05) is 19.0 Å². The first-order valence-corrected chi connectivity index (χ1v) is 4.35. The molecule has 3 nitrogen and oxygen atoms in total. The second kappa shape index (κ2) is 4.72. The summed E-state index contributed by atoms with van der Waals surface area (Å²) >= 11 is 0. The first-order chi connectivity index (χ1) is 7.06. The molecule has 0 saturated carbocycles. The van der Waals surface area contributed by atoms with Crippen LogP contribution in [0.5, 0.6) is 0 Å². The van der Waals surface area contributed by atoms with Gasteiger partial charge in [-0.3, -0.25) is 0 Å². The Kier molecular flexibility index (Phi) is 3.60. The fraction of sp³-hybridized carbons (Fsp3) is 0.300. The van der Waals surface area contributed by atoms with Crippen molar-refractivity contribution in [2.45, 2.75) is 6.92 Å². The number of benzene rings is 1. The van der Waals surface area contributed by atoms with Gasteiger partial charge < -0.3 is 10.5 Å². The summed E-state index contributed by atoms with van der Waals surface area (Å²) in [6.07, 6.45) is 0. The number of carbonyl (C=O) groups is 1. The third-order valence-electron chi connectivity index (χ3n) is 1.81. The van der Waals surface area contributed by atoms with Gasteiger partial charge in [0.1, 0.15) is 19.1 Å². The summed E-state index contributed by atoms with van der Waals surface area (Å²) in [6.45, 7) is 0.304. The van der Waals surface area contributed by atoms with E-state index in [2.05, 4.69) is 4.74 Å². The van der Waals surface area contributed by atoms with Crippen molar-refractivity contribution in [2.24, 2.45) is 0 Å². The van der Waals surface area contributed by atoms with Gasteiger partial charge in [-0.2, -0.15) is 0 Å². The van der Waals surface area contributed by atoms with Crippen LogP contribution in [0.15, 0.2) is 12.1 Å². The molecule has 0 saturated heterocycles. The third-order valence-corrected chi connectivity index (χ3v) is 1.81. The third kappa shape index (κ3) is 2.65. The molecular formula is C10H11F2NO2. The topological polar surface area (TPSA) is 52.3 Å². The van der Waals surface area contributed by atoms with Gasteiger partial charge >= 0.3 is 5.97 Å². The Morgan fingerprint density at radius 1 is 1.53 bits per heavy atom. The lowest BCUT2D eigenvalue weighted by atomic mass is 10.1. The smallest absolute Gasteiger partial charge is 0.341 e. The van der Waals surface area contributed by atoms with Crippen LogP contribution in [0.1, 0.15) is 15.9 Å². The molecule has 0 unspecified atom stereocenters. The van der Waals surface area contributed by atoms with Crippen LogP contribution in [0, 0.1) is 12.7 Å². The van der Waals surface area contributed by atoms with E-state index in [4.69, 9.17) is 5.73 Å². The van der Waals surface area contributed by atoms with E-state index < -0.39 is 18.5 Å². The van der Waals surface area contributed by atoms with Crippen molar-refractivity contribution in [3.05, 3.63) is 29.1 Å². The number of anilines is 1. The van der Waals surface area contributed by atoms with Crippen molar-refractivity contribution < 1.29 is 18.3 Å². The number of hydrogen-bond donors (Lipinski definition) is 1. The molecule has 0 atom stereocenters. The van der Waals surface area contributed by atoms with Gasteiger partial charge in [0.15, 0.2) is 0 Å². The maximum absolute atomic E-state index is 13.4. The summed E-state index contributed by atoms with van der Waals surface area (Å²) in [6, 6.07) is 2.57. The molecule has 0 aliphatic rings. The van der Waals surface area contributed by atoms with E-state index in [1.807, 2.05) is 0 Å². The molecule has 0 aliphatic carbocycles. The summed E-state index contributed by atoms with van der Waals surface area (Å²) in [5, 5.41) is 0. The Morgan fingerprint density at radius 2 is 2.20 bits per heavy atom. The largest absolute Gasteiger partial charge is 0.459 e. The Balaban J connectivity index is 2.98. The fourth-order valence-corrected chi connectivity index (χ4v) is 1.16. The molecule has 0 aromatic heterocycles. The van der Waals surface area contributed by atoms with Crippen LogP contribution in [-0.2, 0) is 4.74 Å². The number of hydrogen-bond acceptors (Lipinski definition) is 3. The highest BCUT2D eigenvalue weighted by Gasteiger charge is 2.15.